The molecule has 0 radical (unpaired) electrons. The van der Waals surface area contributed by atoms with E-state index in [1.54, 1.807) is 7.11 Å². The van der Waals surface area contributed by atoms with Crippen molar-refractivity contribution in [2.75, 3.05) is 13.7 Å². The summed E-state index contributed by atoms with van der Waals surface area (Å²) in [7, 11) is 1.67. The topological polar surface area (TPSA) is 41.5 Å². The lowest BCUT2D eigenvalue weighted by molar-refractivity contribution is 0.00000346. The summed E-state index contributed by atoms with van der Waals surface area (Å²) >= 11 is 0. The van der Waals surface area contributed by atoms with Crippen molar-refractivity contribution >= 4 is 10.8 Å². The van der Waals surface area contributed by atoms with Crippen LogP contribution in [0.4, 0.5) is 0 Å². The minimum atomic E-state index is -0.883. The van der Waals surface area contributed by atoms with E-state index in [2.05, 4.69) is 39.1 Å². The van der Waals surface area contributed by atoms with Crippen LogP contribution in [0.2, 0.25) is 0 Å². The van der Waals surface area contributed by atoms with Crippen LogP contribution in [-0.4, -0.2) is 24.3 Å². The molecule has 0 bridgehead atoms. The molecule has 0 spiro atoms. The molecule has 3 nitrogen and oxygen atoms in total. The maximum absolute atomic E-state index is 11.0. The Bertz CT molecular complexity index is 671. The first-order valence-corrected chi connectivity index (χ1v) is 8.19. The zero-order chi connectivity index (χ0) is 17.3. The van der Waals surface area contributed by atoms with Crippen molar-refractivity contribution in [1.29, 1.82) is 0 Å². The quantitative estimate of drug-likeness (QED) is 0.873. The molecule has 0 fully saturated rings. The summed E-state index contributed by atoms with van der Waals surface area (Å²) in [6.07, 6.45) is 0. The molecule has 2 N–H and O–H groups in total. The van der Waals surface area contributed by atoms with Gasteiger partial charge in [0.2, 0.25) is 0 Å². The van der Waals surface area contributed by atoms with Crippen molar-refractivity contribution in [1.82, 2.24) is 5.32 Å². The van der Waals surface area contributed by atoms with Crippen molar-refractivity contribution in [3.05, 3.63) is 42.0 Å². The minimum absolute atomic E-state index is 0.0459. The lowest BCUT2D eigenvalue weighted by Crippen LogP contribution is -2.44. The molecule has 126 valence electrons. The molecule has 3 heteroatoms. The highest BCUT2D eigenvalue weighted by molar-refractivity contribution is 5.84. The van der Waals surface area contributed by atoms with Gasteiger partial charge in [0.25, 0.3) is 0 Å². The van der Waals surface area contributed by atoms with Gasteiger partial charge >= 0.3 is 0 Å². The van der Waals surface area contributed by atoms with E-state index in [-0.39, 0.29) is 11.5 Å². The van der Waals surface area contributed by atoms with E-state index in [4.69, 9.17) is 4.74 Å². The molecule has 0 saturated carbocycles. The number of methoxy groups -OCH3 is 1. The largest absolute Gasteiger partial charge is 0.497 e. The number of benzene rings is 2. The molecule has 0 aliphatic carbocycles. The Hall–Kier alpha value is -1.58. The van der Waals surface area contributed by atoms with Crippen LogP contribution in [0.3, 0.4) is 0 Å². The molecular formula is C20H29NO2. The maximum atomic E-state index is 11.0. The highest BCUT2D eigenvalue weighted by Gasteiger charge is 2.31. The number of fused-ring (bicyclic) bond motifs is 1. The number of hydrogen-bond acceptors (Lipinski definition) is 3. The van der Waals surface area contributed by atoms with E-state index in [9.17, 15) is 5.11 Å². The van der Waals surface area contributed by atoms with E-state index in [1.165, 1.54) is 0 Å². The summed E-state index contributed by atoms with van der Waals surface area (Å²) in [6.45, 7) is 11.1. The zero-order valence-electron chi connectivity index (χ0n) is 15.1. The van der Waals surface area contributed by atoms with E-state index in [0.717, 1.165) is 28.6 Å². The standard InChI is InChI=1S/C20H29NO2/c1-14(13-21-19(2,3)4)20(5,22)17-9-7-16-12-18(23-6)10-8-15(16)11-17/h7-12,14,21-22H,13H2,1-6H3. The summed E-state index contributed by atoms with van der Waals surface area (Å²) in [6, 6.07) is 12.1. The smallest absolute Gasteiger partial charge is 0.119 e. The minimum Gasteiger partial charge on any atom is -0.497 e. The normalized spacial score (nSPS) is 16.1. The van der Waals surface area contributed by atoms with Crippen molar-refractivity contribution in [3.63, 3.8) is 0 Å². The Kier molecular flexibility index (Phi) is 5.02. The van der Waals surface area contributed by atoms with Crippen molar-refractivity contribution < 1.29 is 9.84 Å². The predicted molar refractivity (Wildman–Crippen MR) is 97.0 cm³/mol. The number of ether oxygens (including phenoxy) is 1. The summed E-state index contributed by atoms with van der Waals surface area (Å²) in [5.74, 6) is 0.942. The summed E-state index contributed by atoms with van der Waals surface area (Å²) in [4.78, 5) is 0. The summed E-state index contributed by atoms with van der Waals surface area (Å²) in [5.41, 5.74) is 0.106. The van der Waals surface area contributed by atoms with Gasteiger partial charge in [0.15, 0.2) is 0 Å². The van der Waals surface area contributed by atoms with Crippen LogP contribution < -0.4 is 10.1 Å². The van der Waals surface area contributed by atoms with Crippen LogP contribution in [-0.2, 0) is 5.60 Å². The second kappa shape index (κ2) is 6.50. The van der Waals surface area contributed by atoms with Gasteiger partial charge in [-0.3, -0.25) is 0 Å². The number of rotatable bonds is 5. The molecule has 2 atom stereocenters. The lowest BCUT2D eigenvalue weighted by atomic mass is 9.82. The molecular weight excluding hydrogens is 286 g/mol. The fourth-order valence-electron chi connectivity index (χ4n) is 2.61. The van der Waals surface area contributed by atoms with E-state index >= 15 is 0 Å². The van der Waals surface area contributed by atoms with Gasteiger partial charge in [-0.15, -0.1) is 0 Å². The van der Waals surface area contributed by atoms with E-state index in [1.807, 2.05) is 37.3 Å². The van der Waals surface area contributed by atoms with Gasteiger partial charge < -0.3 is 15.2 Å². The third-order valence-corrected chi connectivity index (χ3v) is 4.53. The fourth-order valence-corrected chi connectivity index (χ4v) is 2.61. The molecule has 0 aromatic heterocycles. The van der Waals surface area contributed by atoms with Gasteiger partial charge in [-0.05, 0) is 62.2 Å². The Morgan fingerprint density at radius 1 is 1.04 bits per heavy atom. The molecule has 0 aliphatic heterocycles. The van der Waals surface area contributed by atoms with Gasteiger partial charge in [-0.1, -0.05) is 25.1 Å². The highest BCUT2D eigenvalue weighted by Crippen LogP contribution is 2.32. The predicted octanol–water partition coefficient (Wildman–Crippen LogP) is 4.08. The zero-order valence-corrected chi connectivity index (χ0v) is 15.1. The van der Waals surface area contributed by atoms with Crippen LogP contribution in [0.15, 0.2) is 36.4 Å². The highest BCUT2D eigenvalue weighted by atomic mass is 16.5. The Morgan fingerprint density at radius 2 is 1.65 bits per heavy atom. The average molecular weight is 315 g/mol. The molecule has 0 aliphatic rings. The number of nitrogens with one attached hydrogen (secondary N) is 1. The van der Waals surface area contributed by atoms with Crippen LogP contribution in [0.25, 0.3) is 10.8 Å². The maximum Gasteiger partial charge on any atom is 0.119 e. The van der Waals surface area contributed by atoms with Gasteiger partial charge in [0, 0.05) is 18.0 Å². The van der Waals surface area contributed by atoms with Crippen molar-refractivity contribution in [3.8, 4) is 5.75 Å². The molecule has 0 heterocycles. The molecule has 2 unspecified atom stereocenters. The lowest BCUT2D eigenvalue weighted by Gasteiger charge is -2.33. The third kappa shape index (κ3) is 4.24. The van der Waals surface area contributed by atoms with Crippen LogP contribution >= 0.6 is 0 Å². The summed E-state index contributed by atoms with van der Waals surface area (Å²) in [5, 5.41) is 16.7. The molecule has 2 aromatic rings. The Morgan fingerprint density at radius 3 is 2.26 bits per heavy atom. The first-order chi connectivity index (χ1) is 10.6. The molecule has 0 saturated heterocycles. The molecule has 2 aromatic carbocycles. The van der Waals surface area contributed by atoms with E-state index < -0.39 is 5.60 Å². The van der Waals surface area contributed by atoms with Crippen LogP contribution in [0.5, 0.6) is 5.75 Å². The third-order valence-electron chi connectivity index (χ3n) is 4.53. The van der Waals surface area contributed by atoms with Gasteiger partial charge in [-0.2, -0.15) is 0 Å². The van der Waals surface area contributed by atoms with Crippen molar-refractivity contribution in [2.45, 2.75) is 45.8 Å². The number of aliphatic hydroxyl groups is 1. The van der Waals surface area contributed by atoms with E-state index in [0.29, 0.717) is 0 Å². The second-order valence-corrected chi connectivity index (χ2v) is 7.61. The Labute approximate surface area is 139 Å². The first kappa shape index (κ1) is 17.8. The van der Waals surface area contributed by atoms with Crippen LogP contribution in [0.1, 0.15) is 40.2 Å². The van der Waals surface area contributed by atoms with Gasteiger partial charge in [0.05, 0.1) is 12.7 Å². The van der Waals surface area contributed by atoms with Crippen LogP contribution in [0, 0.1) is 5.92 Å². The number of hydrogen-bond donors (Lipinski definition) is 2. The molecule has 0 amide bonds. The fraction of sp³-hybridized carbons (Fsp3) is 0.500. The second-order valence-electron chi connectivity index (χ2n) is 7.61. The molecule has 23 heavy (non-hydrogen) atoms. The van der Waals surface area contributed by atoms with Gasteiger partial charge in [0.1, 0.15) is 5.75 Å². The summed E-state index contributed by atoms with van der Waals surface area (Å²) < 4.78 is 5.26. The first-order valence-electron chi connectivity index (χ1n) is 8.19. The Balaban J connectivity index is 2.26. The molecule has 2 rings (SSSR count). The van der Waals surface area contributed by atoms with Gasteiger partial charge in [-0.25, -0.2) is 0 Å². The monoisotopic (exact) mass is 315 g/mol. The average Bonchev–Trinajstić information content (AvgIpc) is 2.50. The van der Waals surface area contributed by atoms with Crippen molar-refractivity contribution in [2.24, 2.45) is 5.92 Å². The SMILES string of the molecule is COc1ccc2cc(C(C)(O)C(C)CNC(C)(C)C)ccc2c1.